The summed E-state index contributed by atoms with van der Waals surface area (Å²) in [7, 11) is -1.96. The molecule has 146 valence electrons. The van der Waals surface area contributed by atoms with Gasteiger partial charge in [-0.05, 0) is 55.2 Å². The average molecular weight is 400 g/mol. The van der Waals surface area contributed by atoms with Gasteiger partial charge in [-0.3, -0.25) is 4.98 Å². The van der Waals surface area contributed by atoms with Crippen LogP contribution in [0.3, 0.4) is 0 Å². The van der Waals surface area contributed by atoms with E-state index >= 15 is 0 Å². The first-order valence-corrected chi connectivity index (χ1v) is 10.5. The zero-order valence-corrected chi connectivity index (χ0v) is 16.5. The SMILES string of the molecule is Cc1cc(-c2ccc(F)cc2)cc([C@H]2CCCN2S(=O)(=O)c2cn(C)cn2)n1. The number of nitrogens with zero attached hydrogens (tertiary/aromatic N) is 4. The molecule has 0 unspecified atom stereocenters. The number of aryl methyl sites for hydroxylation is 2. The van der Waals surface area contributed by atoms with E-state index in [9.17, 15) is 12.8 Å². The molecule has 0 amide bonds. The number of hydrogen-bond donors (Lipinski definition) is 0. The number of benzene rings is 1. The molecule has 0 N–H and O–H groups in total. The molecule has 1 aliphatic heterocycles. The van der Waals surface area contributed by atoms with Gasteiger partial charge in [-0.15, -0.1) is 0 Å². The Labute approximate surface area is 163 Å². The lowest BCUT2D eigenvalue weighted by atomic mass is 10.0. The van der Waals surface area contributed by atoms with E-state index in [1.807, 2.05) is 19.1 Å². The Balaban J connectivity index is 1.72. The number of rotatable bonds is 4. The highest BCUT2D eigenvalue weighted by molar-refractivity contribution is 7.89. The summed E-state index contributed by atoms with van der Waals surface area (Å²) in [6, 6.07) is 9.73. The van der Waals surface area contributed by atoms with E-state index in [4.69, 9.17) is 0 Å². The summed E-state index contributed by atoms with van der Waals surface area (Å²) < 4.78 is 42.5. The molecule has 0 radical (unpaired) electrons. The number of halogens is 1. The molecule has 1 atom stereocenters. The molecule has 3 aromatic rings. The molecule has 0 saturated carbocycles. The van der Waals surface area contributed by atoms with Crippen LogP contribution in [0.5, 0.6) is 0 Å². The van der Waals surface area contributed by atoms with E-state index in [0.717, 1.165) is 23.2 Å². The average Bonchev–Trinajstić information content (AvgIpc) is 3.31. The first-order valence-electron chi connectivity index (χ1n) is 9.09. The van der Waals surface area contributed by atoms with Crippen molar-refractivity contribution >= 4 is 10.0 Å². The van der Waals surface area contributed by atoms with Gasteiger partial charge in [-0.2, -0.15) is 4.31 Å². The van der Waals surface area contributed by atoms with Crippen LogP contribution in [0.15, 0.2) is 53.9 Å². The molecule has 4 rings (SSSR count). The van der Waals surface area contributed by atoms with Gasteiger partial charge in [-0.1, -0.05) is 12.1 Å². The zero-order chi connectivity index (χ0) is 19.9. The van der Waals surface area contributed by atoms with Gasteiger partial charge in [0, 0.05) is 25.5 Å². The van der Waals surface area contributed by atoms with Crippen LogP contribution in [-0.4, -0.2) is 33.8 Å². The quantitative estimate of drug-likeness (QED) is 0.673. The molecule has 3 heterocycles. The molecule has 1 aliphatic rings. The number of aromatic nitrogens is 3. The van der Waals surface area contributed by atoms with Crippen LogP contribution < -0.4 is 0 Å². The maximum atomic E-state index is 13.3. The van der Waals surface area contributed by atoms with Crippen LogP contribution >= 0.6 is 0 Å². The van der Waals surface area contributed by atoms with Crippen LogP contribution in [0.25, 0.3) is 11.1 Å². The van der Waals surface area contributed by atoms with Crippen molar-refractivity contribution in [2.24, 2.45) is 7.05 Å². The summed E-state index contributed by atoms with van der Waals surface area (Å²) in [6.07, 6.45) is 4.46. The number of hydrogen-bond acceptors (Lipinski definition) is 4. The summed E-state index contributed by atoms with van der Waals surface area (Å²) in [5.74, 6) is -0.293. The summed E-state index contributed by atoms with van der Waals surface area (Å²) in [6.45, 7) is 2.31. The Hall–Kier alpha value is -2.58. The van der Waals surface area contributed by atoms with Gasteiger partial charge in [-0.25, -0.2) is 17.8 Å². The number of imidazole rings is 1. The van der Waals surface area contributed by atoms with Gasteiger partial charge in [0.05, 0.1) is 18.1 Å². The second-order valence-corrected chi connectivity index (χ2v) is 8.92. The molecule has 0 spiro atoms. The fraction of sp³-hybridized carbons (Fsp3) is 0.300. The Kier molecular flexibility index (Phi) is 4.76. The number of sulfonamides is 1. The van der Waals surface area contributed by atoms with Crippen LogP contribution in [0, 0.1) is 12.7 Å². The molecule has 0 aliphatic carbocycles. The molecule has 8 heteroatoms. The molecule has 6 nitrogen and oxygen atoms in total. The Morgan fingerprint density at radius 2 is 1.89 bits per heavy atom. The summed E-state index contributed by atoms with van der Waals surface area (Å²) in [5, 5.41) is 0.0494. The van der Waals surface area contributed by atoms with Gasteiger partial charge in [0.2, 0.25) is 0 Å². The van der Waals surface area contributed by atoms with E-state index in [1.165, 1.54) is 29.0 Å². The van der Waals surface area contributed by atoms with E-state index in [-0.39, 0.29) is 16.9 Å². The van der Waals surface area contributed by atoms with Gasteiger partial charge in [0.25, 0.3) is 10.0 Å². The largest absolute Gasteiger partial charge is 0.339 e. The fourth-order valence-electron chi connectivity index (χ4n) is 3.64. The molecule has 2 aromatic heterocycles. The third-order valence-electron chi connectivity index (χ3n) is 4.95. The highest BCUT2D eigenvalue weighted by Gasteiger charge is 2.38. The maximum Gasteiger partial charge on any atom is 0.262 e. The Morgan fingerprint density at radius 3 is 2.57 bits per heavy atom. The van der Waals surface area contributed by atoms with Crippen LogP contribution in [-0.2, 0) is 17.1 Å². The van der Waals surface area contributed by atoms with E-state index in [0.29, 0.717) is 18.7 Å². The highest BCUT2D eigenvalue weighted by Crippen LogP contribution is 2.36. The molecular weight excluding hydrogens is 379 g/mol. The molecule has 0 bridgehead atoms. The topological polar surface area (TPSA) is 68.1 Å². The normalized spacial score (nSPS) is 17.9. The molecule has 28 heavy (non-hydrogen) atoms. The third kappa shape index (κ3) is 3.45. The van der Waals surface area contributed by atoms with Crippen molar-refractivity contribution in [1.29, 1.82) is 0 Å². The first-order chi connectivity index (χ1) is 13.3. The third-order valence-corrected chi connectivity index (χ3v) is 6.74. The molecule has 1 fully saturated rings. The van der Waals surface area contributed by atoms with E-state index in [2.05, 4.69) is 9.97 Å². The Bertz CT molecular complexity index is 1110. The second kappa shape index (κ2) is 7.10. The predicted molar refractivity (Wildman–Crippen MR) is 103 cm³/mol. The Morgan fingerprint density at radius 1 is 1.14 bits per heavy atom. The molecular formula is C20H21FN4O2S. The molecule has 1 saturated heterocycles. The standard InChI is InChI=1S/C20H21FN4O2S/c1-14-10-16(15-5-7-17(21)8-6-15)11-18(23-14)19-4-3-9-25(19)28(26,27)20-12-24(2)13-22-20/h5-8,10-13,19H,3-4,9H2,1-2H3/t19-/m1/s1. The van der Waals surface area contributed by atoms with Crippen molar-refractivity contribution in [3.8, 4) is 11.1 Å². The lowest BCUT2D eigenvalue weighted by Gasteiger charge is -2.23. The van der Waals surface area contributed by atoms with Crippen molar-refractivity contribution < 1.29 is 12.8 Å². The first kappa shape index (κ1) is 18.8. The minimum atomic E-state index is -3.70. The van der Waals surface area contributed by atoms with Crippen LogP contribution in [0.4, 0.5) is 4.39 Å². The van der Waals surface area contributed by atoms with Gasteiger partial charge < -0.3 is 4.57 Å². The highest BCUT2D eigenvalue weighted by atomic mass is 32.2. The van der Waals surface area contributed by atoms with Gasteiger partial charge >= 0.3 is 0 Å². The minimum absolute atomic E-state index is 0.0494. The summed E-state index contributed by atoms with van der Waals surface area (Å²) in [4.78, 5) is 8.64. The monoisotopic (exact) mass is 400 g/mol. The van der Waals surface area contributed by atoms with E-state index < -0.39 is 10.0 Å². The minimum Gasteiger partial charge on any atom is -0.339 e. The van der Waals surface area contributed by atoms with Crippen molar-refractivity contribution in [2.75, 3.05) is 6.54 Å². The van der Waals surface area contributed by atoms with Gasteiger partial charge in [0.1, 0.15) is 5.82 Å². The van der Waals surface area contributed by atoms with Crippen molar-refractivity contribution in [2.45, 2.75) is 30.8 Å². The van der Waals surface area contributed by atoms with Crippen LogP contribution in [0.2, 0.25) is 0 Å². The fourth-order valence-corrected chi connectivity index (χ4v) is 5.28. The maximum absolute atomic E-state index is 13.3. The van der Waals surface area contributed by atoms with E-state index in [1.54, 1.807) is 23.7 Å². The van der Waals surface area contributed by atoms with Gasteiger partial charge in [0.15, 0.2) is 5.03 Å². The predicted octanol–water partition coefficient (Wildman–Crippen LogP) is 3.46. The number of pyridine rings is 1. The van der Waals surface area contributed by atoms with Crippen molar-refractivity contribution in [1.82, 2.24) is 18.8 Å². The lowest BCUT2D eigenvalue weighted by molar-refractivity contribution is 0.388. The van der Waals surface area contributed by atoms with Crippen LogP contribution in [0.1, 0.15) is 30.3 Å². The molecule has 1 aromatic carbocycles. The van der Waals surface area contributed by atoms with Crippen molar-refractivity contribution in [3.05, 3.63) is 66.1 Å². The lowest BCUT2D eigenvalue weighted by Crippen LogP contribution is -2.31. The summed E-state index contributed by atoms with van der Waals surface area (Å²) >= 11 is 0. The summed E-state index contributed by atoms with van der Waals surface area (Å²) in [5.41, 5.74) is 3.25. The van der Waals surface area contributed by atoms with Crippen molar-refractivity contribution in [3.63, 3.8) is 0 Å². The second-order valence-electron chi connectivity index (χ2n) is 7.08. The zero-order valence-electron chi connectivity index (χ0n) is 15.7. The smallest absolute Gasteiger partial charge is 0.262 e.